The van der Waals surface area contributed by atoms with Crippen molar-refractivity contribution < 1.29 is 4.74 Å². The SMILES string of the molecule is Cn1c(=O)cc(NC2(c3ncccn3)CCOC2)c2cc(N)ccc21. The molecule has 3 N–H and O–H groups in total. The Kier molecular flexibility index (Phi) is 3.65. The highest BCUT2D eigenvalue weighted by Crippen LogP contribution is 2.34. The van der Waals surface area contributed by atoms with E-state index >= 15 is 0 Å². The van der Waals surface area contributed by atoms with Gasteiger partial charge in [-0.2, -0.15) is 0 Å². The lowest BCUT2D eigenvalue weighted by atomic mass is 9.96. The number of aryl methyl sites for hydroxylation is 1. The van der Waals surface area contributed by atoms with Crippen molar-refractivity contribution in [2.75, 3.05) is 24.3 Å². The Bertz CT molecular complexity index is 978. The van der Waals surface area contributed by atoms with E-state index in [2.05, 4.69) is 15.3 Å². The van der Waals surface area contributed by atoms with Crippen LogP contribution in [0.25, 0.3) is 10.9 Å². The van der Waals surface area contributed by atoms with Crippen LogP contribution < -0.4 is 16.6 Å². The average molecular weight is 337 g/mol. The number of nitrogens with one attached hydrogen (secondary N) is 1. The lowest BCUT2D eigenvalue weighted by molar-refractivity contribution is 0.180. The maximum Gasteiger partial charge on any atom is 0.252 e. The second-order valence-electron chi connectivity index (χ2n) is 6.31. The summed E-state index contributed by atoms with van der Waals surface area (Å²) in [4.78, 5) is 21.2. The van der Waals surface area contributed by atoms with Crippen molar-refractivity contribution in [1.82, 2.24) is 14.5 Å². The predicted molar refractivity (Wildman–Crippen MR) is 96.4 cm³/mol. The number of benzene rings is 1. The topological polar surface area (TPSA) is 95.1 Å². The summed E-state index contributed by atoms with van der Waals surface area (Å²) in [6.45, 7) is 1.05. The number of nitrogens with zero attached hydrogens (tertiary/aromatic N) is 3. The van der Waals surface area contributed by atoms with Crippen LogP contribution in [0.5, 0.6) is 0 Å². The standard InChI is InChI=1S/C18H19N5O2/c1-23-15-4-3-12(19)9-13(15)14(10-16(23)24)22-18(5-8-25-11-18)17-20-6-2-7-21-17/h2-4,6-7,9-10,22H,5,8,11,19H2,1H3. The molecule has 4 rings (SSSR count). The van der Waals surface area contributed by atoms with Gasteiger partial charge in [0.1, 0.15) is 5.54 Å². The molecule has 1 aliphatic rings. The van der Waals surface area contributed by atoms with Gasteiger partial charge in [-0.25, -0.2) is 9.97 Å². The van der Waals surface area contributed by atoms with Crippen molar-refractivity contribution >= 4 is 22.3 Å². The zero-order valence-corrected chi connectivity index (χ0v) is 13.9. The quantitative estimate of drug-likeness (QED) is 0.706. The Morgan fingerprint density at radius 3 is 2.80 bits per heavy atom. The summed E-state index contributed by atoms with van der Waals surface area (Å²) in [5, 5.41) is 4.37. The molecule has 1 aliphatic heterocycles. The van der Waals surface area contributed by atoms with Gasteiger partial charge < -0.3 is 20.4 Å². The number of fused-ring (bicyclic) bond motifs is 1. The van der Waals surface area contributed by atoms with Gasteiger partial charge in [-0.3, -0.25) is 4.79 Å². The smallest absolute Gasteiger partial charge is 0.252 e. The molecule has 25 heavy (non-hydrogen) atoms. The van der Waals surface area contributed by atoms with Crippen LogP contribution in [0, 0.1) is 0 Å². The van der Waals surface area contributed by atoms with Gasteiger partial charge >= 0.3 is 0 Å². The molecular weight excluding hydrogens is 318 g/mol. The van der Waals surface area contributed by atoms with Crippen LogP contribution in [0.1, 0.15) is 12.2 Å². The highest BCUT2D eigenvalue weighted by atomic mass is 16.5. The maximum absolute atomic E-state index is 12.4. The van der Waals surface area contributed by atoms with Gasteiger partial charge in [-0.1, -0.05) is 0 Å². The van der Waals surface area contributed by atoms with E-state index < -0.39 is 5.54 Å². The van der Waals surface area contributed by atoms with Gasteiger partial charge in [0.05, 0.1) is 12.1 Å². The predicted octanol–water partition coefficient (Wildman–Crippen LogP) is 1.64. The Labute approximate surface area is 144 Å². The molecule has 1 unspecified atom stereocenters. The van der Waals surface area contributed by atoms with Crippen LogP contribution in [-0.4, -0.2) is 27.7 Å². The van der Waals surface area contributed by atoms with Gasteiger partial charge in [0.15, 0.2) is 5.82 Å². The molecule has 1 aromatic carbocycles. The van der Waals surface area contributed by atoms with Crippen molar-refractivity contribution in [3.8, 4) is 0 Å². The monoisotopic (exact) mass is 337 g/mol. The fourth-order valence-electron chi connectivity index (χ4n) is 3.28. The lowest BCUT2D eigenvalue weighted by Crippen LogP contribution is -2.38. The Morgan fingerprint density at radius 1 is 1.28 bits per heavy atom. The molecule has 7 heteroatoms. The van der Waals surface area contributed by atoms with Gasteiger partial charge in [-0.15, -0.1) is 0 Å². The number of nitrogens with two attached hydrogens (primary N) is 1. The van der Waals surface area contributed by atoms with E-state index in [0.717, 1.165) is 17.3 Å². The average Bonchev–Trinajstić information content (AvgIpc) is 3.10. The molecule has 128 valence electrons. The summed E-state index contributed by atoms with van der Waals surface area (Å²) < 4.78 is 7.23. The lowest BCUT2D eigenvalue weighted by Gasteiger charge is -2.29. The normalized spacial score (nSPS) is 20.0. The van der Waals surface area contributed by atoms with Gasteiger partial charge in [0.25, 0.3) is 5.56 Å². The number of nitrogen functional groups attached to an aromatic ring is 1. The van der Waals surface area contributed by atoms with E-state index in [0.29, 0.717) is 30.4 Å². The Balaban J connectivity index is 1.88. The molecule has 0 aliphatic carbocycles. The molecule has 1 saturated heterocycles. The first-order valence-corrected chi connectivity index (χ1v) is 8.12. The molecule has 7 nitrogen and oxygen atoms in total. The van der Waals surface area contributed by atoms with Crippen LogP contribution in [0.2, 0.25) is 0 Å². The number of hydrogen-bond donors (Lipinski definition) is 2. The Morgan fingerprint density at radius 2 is 2.08 bits per heavy atom. The molecule has 1 fully saturated rings. The minimum absolute atomic E-state index is 0.0946. The van der Waals surface area contributed by atoms with E-state index in [-0.39, 0.29) is 5.56 Å². The molecule has 3 aromatic rings. The summed E-state index contributed by atoms with van der Waals surface area (Å²) in [6.07, 6.45) is 4.14. The minimum Gasteiger partial charge on any atom is -0.399 e. The zero-order chi connectivity index (χ0) is 17.4. The van der Waals surface area contributed by atoms with Crippen LogP contribution in [0.3, 0.4) is 0 Å². The van der Waals surface area contributed by atoms with Crippen molar-refractivity contribution in [1.29, 1.82) is 0 Å². The first kappa shape index (κ1) is 15.6. The largest absolute Gasteiger partial charge is 0.399 e. The van der Waals surface area contributed by atoms with Gasteiger partial charge in [-0.05, 0) is 24.3 Å². The molecule has 0 bridgehead atoms. The van der Waals surface area contributed by atoms with Crippen LogP contribution in [0.4, 0.5) is 11.4 Å². The first-order valence-electron chi connectivity index (χ1n) is 8.12. The number of rotatable bonds is 3. The third-order valence-corrected chi connectivity index (χ3v) is 4.66. The first-order chi connectivity index (χ1) is 12.1. The summed E-state index contributed by atoms with van der Waals surface area (Å²) in [5.41, 5.74) is 7.47. The fraction of sp³-hybridized carbons (Fsp3) is 0.278. The highest BCUT2D eigenvalue weighted by molar-refractivity contribution is 5.93. The van der Waals surface area contributed by atoms with Crippen LogP contribution in [-0.2, 0) is 17.3 Å². The Hall–Kier alpha value is -2.93. The summed E-state index contributed by atoms with van der Waals surface area (Å²) in [7, 11) is 1.75. The highest BCUT2D eigenvalue weighted by Gasteiger charge is 2.39. The van der Waals surface area contributed by atoms with Crippen LogP contribution >= 0.6 is 0 Å². The second-order valence-corrected chi connectivity index (χ2v) is 6.31. The molecule has 3 heterocycles. The van der Waals surface area contributed by atoms with Crippen molar-refractivity contribution in [2.24, 2.45) is 7.05 Å². The number of aromatic nitrogens is 3. The number of anilines is 2. The zero-order valence-electron chi connectivity index (χ0n) is 13.9. The number of hydrogen-bond acceptors (Lipinski definition) is 6. The molecule has 2 aromatic heterocycles. The summed E-state index contributed by atoms with van der Waals surface area (Å²) in [5.74, 6) is 0.658. The van der Waals surface area contributed by atoms with Crippen molar-refractivity contribution in [3.05, 3.63) is 58.9 Å². The number of ether oxygens (including phenoxy) is 1. The summed E-state index contributed by atoms with van der Waals surface area (Å²) in [6, 6.07) is 8.88. The van der Waals surface area contributed by atoms with E-state index in [9.17, 15) is 4.79 Å². The molecular formula is C18H19N5O2. The maximum atomic E-state index is 12.4. The third kappa shape index (κ3) is 2.62. The molecule has 1 atom stereocenters. The molecule has 0 saturated carbocycles. The van der Waals surface area contributed by atoms with E-state index in [4.69, 9.17) is 10.5 Å². The van der Waals surface area contributed by atoms with E-state index in [1.807, 2.05) is 12.1 Å². The van der Waals surface area contributed by atoms with Gasteiger partial charge in [0, 0.05) is 55.3 Å². The molecule has 0 amide bonds. The molecule has 0 radical (unpaired) electrons. The van der Waals surface area contributed by atoms with Gasteiger partial charge in [0.2, 0.25) is 0 Å². The summed E-state index contributed by atoms with van der Waals surface area (Å²) >= 11 is 0. The van der Waals surface area contributed by atoms with E-state index in [1.54, 1.807) is 42.2 Å². The van der Waals surface area contributed by atoms with E-state index in [1.165, 1.54) is 0 Å². The van der Waals surface area contributed by atoms with Crippen molar-refractivity contribution in [2.45, 2.75) is 12.0 Å². The second kappa shape index (κ2) is 5.86. The fourth-order valence-corrected chi connectivity index (χ4v) is 3.28. The van der Waals surface area contributed by atoms with Crippen molar-refractivity contribution in [3.63, 3.8) is 0 Å². The molecule has 0 spiro atoms. The minimum atomic E-state index is -0.564. The van der Waals surface area contributed by atoms with Crippen LogP contribution in [0.15, 0.2) is 47.5 Å². The number of pyridine rings is 1. The third-order valence-electron chi connectivity index (χ3n) is 4.66.